The Morgan fingerprint density at radius 1 is 1.82 bits per heavy atom. The van der Waals surface area contributed by atoms with Gasteiger partial charge in [-0.15, -0.1) is 0 Å². The Balaban J connectivity index is 2.54. The van der Waals surface area contributed by atoms with Gasteiger partial charge in [0.2, 0.25) is 6.41 Å². The molecule has 56 valence electrons. The zero-order valence-electron chi connectivity index (χ0n) is 5.95. The van der Waals surface area contributed by atoms with Crippen LogP contribution in [0, 0.1) is 17.2 Å². The van der Waals surface area contributed by atoms with E-state index in [0.717, 1.165) is 5.70 Å². The van der Waals surface area contributed by atoms with Gasteiger partial charge in [0.05, 0.1) is 12.0 Å². The highest BCUT2D eigenvalue weighted by atomic mass is 16.1. The molecule has 0 saturated carbocycles. The van der Waals surface area contributed by atoms with Crippen LogP contribution in [0.15, 0.2) is 23.9 Å². The Labute approximate surface area is 65.0 Å². The lowest BCUT2D eigenvalue weighted by Gasteiger charge is -2.07. The van der Waals surface area contributed by atoms with Crippen LogP contribution in [0.1, 0.15) is 6.42 Å². The van der Waals surface area contributed by atoms with E-state index in [9.17, 15) is 4.79 Å². The molecule has 1 aliphatic carbocycles. The molecule has 0 aromatic rings. The van der Waals surface area contributed by atoms with Crippen LogP contribution in [-0.4, -0.2) is 6.41 Å². The van der Waals surface area contributed by atoms with Crippen molar-refractivity contribution in [3.63, 3.8) is 0 Å². The number of carbonyl (C=O) groups is 1. The van der Waals surface area contributed by atoms with Gasteiger partial charge in [-0.25, -0.2) is 0 Å². The zero-order valence-corrected chi connectivity index (χ0v) is 5.95. The summed E-state index contributed by atoms with van der Waals surface area (Å²) >= 11 is 0. The number of hydrogen-bond acceptors (Lipinski definition) is 2. The van der Waals surface area contributed by atoms with E-state index in [1.165, 1.54) is 0 Å². The van der Waals surface area contributed by atoms with E-state index in [1.54, 1.807) is 12.2 Å². The summed E-state index contributed by atoms with van der Waals surface area (Å²) in [6.45, 7) is 0. The number of nitrogens with one attached hydrogen (secondary N) is 1. The molecule has 1 unspecified atom stereocenters. The molecule has 0 bridgehead atoms. The highest BCUT2D eigenvalue weighted by Crippen LogP contribution is 2.12. The maximum Gasteiger partial charge on any atom is 0.211 e. The molecule has 0 fully saturated rings. The number of hydrogen-bond donors (Lipinski definition) is 1. The topological polar surface area (TPSA) is 52.9 Å². The second kappa shape index (κ2) is 3.57. The van der Waals surface area contributed by atoms with Crippen LogP contribution >= 0.6 is 0 Å². The molecular formula is C8H8N2O. The number of carbonyl (C=O) groups excluding carboxylic acids is 1. The van der Waals surface area contributed by atoms with Gasteiger partial charge >= 0.3 is 0 Å². The van der Waals surface area contributed by atoms with E-state index < -0.39 is 0 Å². The van der Waals surface area contributed by atoms with E-state index in [1.807, 2.05) is 6.08 Å². The third-order valence-electron chi connectivity index (χ3n) is 1.49. The molecule has 0 heterocycles. The molecule has 3 heteroatoms. The maximum atomic E-state index is 9.97. The minimum atomic E-state index is -0.0350. The number of allylic oxidation sites excluding steroid dienone is 3. The first-order valence-corrected chi connectivity index (χ1v) is 3.35. The van der Waals surface area contributed by atoms with Crippen molar-refractivity contribution >= 4 is 6.41 Å². The van der Waals surface area contributed by atoms with Crippen LogP contribution in [0.4, 0.5) is 0 Å². The van der Waals surface area contributed by atoms with Crippen LogP contribution in [-0.2, 0) is 4.79 Å². The number of amides is 1. The van der Waals surface area contributed by atoms with Crippen molar-refractivity contribution in [2.75, 3.05) is 0 Å². The average Bonchev–Trinajstić information content (AvgIpc) is 2.07. The quantitative estimate of drug-likeness (QED) is 0.586. The molecule has 11 heavy (non-hydrogen) atoms. The SMILES string of the molecule is N#CC1C=CC(NC=O)=CC1. The fourth-order valence-corrected chi connectivity index (χ4v) is 0.891. The van der Waals surface area contributed by atoms with E-state index >= 15 is 0 Å². The maximum absolute atomic E-state index is 9.97. The second-order valence-corrected chi connectivity index (χ2v) is 2.25. The van der Waals surface area contributed by atoms with Crippen LogP contribution in [0.5, 0.6) is 0 Å². The summed E-state index contributed by atoms with van der Waals surface area (Å²) in [7, 11) is 0. The van der Waals surface area contributed by atoms with E-state index in [0.29, 0.717) is 12.8 Å². The van der Waals surface area contributed by atoms with Gasteiger partial charge in [-0.1, -0.05) is 12.2 Å². The van der Waals surface area contributed by atoms with Gasteiger partial charge in [-0.3, -0.25) is 4.79 Å². The fourth-order valence-electron chi connectivity index (χ4n) is 0.891. The number of nitriles is 1. The molecule has 3 nitrogen and oxygen atoms in total. The molecule has 1 amide bonds. The van der Waals surface area contributed by atoms with Gasteiger partial charge in [0, 0.05) is 5.70 Å². The average molecular weight is 148 g/mol. The minimum absolute atomic E-state index is 0.0350. The van der Waals surface area contributed by atoms with Crippen LogP contribution in [0.25, 0.3) is 0 Å². The van der Waals surface area contributed by atoms with Crippen molar-refractivity contribution in [3.8, 4) is 6.07 Å². The lowest BCUT2D eigenvalue weighted by Crippen LogP contribution is -2.11. The monoisotopic (exact) mass is 148 g/mol. The summed E-state index contributed by atoms with van der Waals surface area (Å²) in [5, 5.41) is 11.0. The van der Waals surface area contributed by atoms with Crippen molar-refractivity contribution < 1.29 is 4.79 Å². The van der Waals surface area contributed by atoms with E-state index in [2.05, 4.69) is 11.4 Å². The molecule has 1 atom stereocenters. The van der Waals surface area contributed by atoms with Gasteiger partial charge in [0.15, 0.2) is 0 Å². The summed E-state index contributed by atoms with van der Waals surface area (Å²) in [5.74, 6) is -0.0350. The lowest BCUT2D eigenvalue weighted by molar-refractivity contribution is -0.108. The molecule has 1 aliphatic rings. The van der Waals surface area contributed by atoms with Gasteiger partial charge in [-0.2, -0.15) is 5.26 Å². The predicted octanol–water partition coefficient (Wildman–Crippen LogP) is 0.716. The summed E-state index contributed by atoms with van der Waals surface area (Å²) in [6.07, 6.45) is 6.67. The summed E-state index contributed by atoms with van der Waals surface area (Å²) in [6, 6.07) is 2.12. The van der Waals surface area contributed by atoms with Crippen molar-refractivity contribution in [1.82, 2.24) is 5.32 Å². The molecule has 1 rings (SSSR count). The lowest BCUT2D eigenvalue weighted by atomic mass is 10.0. The number of rotatable bonds is 2. The fraction of sp³-hybridized carbons (Fsp3) is 0.250. The van der Waals surface area contributed by atoms with Crippen molar-refractivity contribution in [2.24, 2.45) is 5.92 Å². The molecule has 0 aromatic carbocycles. The summed E-state index contributed by atoms with van der Waals surface area (Å²) in [5.41, 5.74) is 0.770. The normalized spacial score (nSPS) is 21.7. The summed E-state index contributed by atoms with van der Waals surface area (Å²) in [4.78, 5) is 9.97. The Hall–Kier alpha value is -1.56. The second-order valence-electron chi connectivity index (χ2n) is 2.25. The predicted molar refractivity (Wildman–Crippen MR) is 40.1 cm³/mol. The first-order valence-electron chi connectivity index (χ1n) is 3.35. The number of nitrogens with zero attached hydrogens (tertiary/aromatic N) is 1. The first-order chi connectivity index (χ1) is 5.36. The Bertz CT molecular complexity index is 247. The Morgan fingerprint density at radius 3 is 3.09 bits per heavy atom. The molecule has 0 spiro atoms. The molecule has 0 aromatic heterocycles. The molecule has 0 radical (unpaired) electrons. The van der Waals surface area contributed by atoms with Crippen LogP contribution < -0.4 is 5.32 Å². The van der Waals surface area contributed by atoms with E-state index in [4.69, 9.17) is 5.26 Å². The largest absolute Gasteiger partial charge is 0.329 e. The van der Waals surface area contributed by atoms with Gasteiger partial charge < -0.3 is 5.32 Å². The standard InChI is InChI=1S/C8H8N2O/c9-5-7-1-3-8(4-2-7)10-6-11/h1,3-4,6-7H,2H2,(H,10,11). The van der Waals surface area contributed by atoms with Crippen molar-refractivity contribution in [1.29, 1.82) is 5.26 Å². The van der Waals surface area contributed by atoms with Gasteiger partial charge in [0.25, 0.3) is 0 Å². The Kier molecular flexibility index (Phi) is 2.45. The Morgan fingerprint density at radius 2 is 2.64 bits per heavy atom. The van der Waals surface area contributed by atoms with E-state index in [-0.39, 0.29) is 5.92 Å². The minimum Gasteiger partial charge on any atom is -0.329 e. The molecule has 0 aliphatic heterocycles. The van der Waals surface area contributed by atoms with Crippen molar-refractivity contribution in [3.05, 3.63) is 23.9 Å². The van der Waals surface area contributed by atoms with Crippen LogP contribution in [0.3, 0.4) is 0 Å². The zero-order chi connectivity index (χ0) is 8.10. The third-order valence-corrected chi connectivity index (χ3v) is 1.49. The highest BCUT2D eigenvalue weighted by Gasteiger charge is 2.05. The molecule has 1 N–H and O–H groups in total. The smallest absolute Gasteiger partial charge is 0.211 e. The van der Waals surface area contributed by atoms with Gasteiger partial charge in [-0.05, 0) is 12.5 Å². The highest BCUT2D eigenvalue weighted by molar-refractivity contribution is 5.52. The van der Waals surface area contributed by atoms with Crippen LogP contribution in [0.2, 0.25) is 0 Å². The summed E-state index contributed by atoms with van der Waals surface area (Å²) < 4.78 is 0. The van der Waals surface area contributed by atoms with Gasteiger partial charge in [0.1, 0.15) is 0 Å². The first kappa shape index (κ1) is 7.55. The van der Waals surface area contributed by atoms with Crippen molar-refractivity contribution in [2.45, 2.75) is 6.42 Å². The molecule has 0 saturated heterocycles. The molecular weight excluding hydrogens is 140 g/mol. The third kappa shape index (κ3) is 1.94.